The standard InChI is InChI=1S/C28H33N5O3/c1-19-18-32(27(34)22-7-3-2-4-8-22)15-16-33(19)26-24-10-6-5-9-23(24)25(30-31-26)21-13-11-20(12-14-21)17-29-28(35)36/h5-6,9-14,19,22,29H,2-4,7-8,15-18H2,1H3,(H,35,36). The van der Waals surface area contributed by atoms with Gasteiger partial charge in [-0.05, 0) is 25.3 Å². The first-order valence-electron chi connectivity index (χ1n) is 12.9. The van der Waals surface area contributed by atoms with Crippen LogP contribution in [0.1, 0.15) is 44.6 Å². The molecule has 2 amide bonds. The number of nitrogens with one attached hydrogen (secondary N) is 1. The molecule has 36 heavy (non-hydrogen) atoms. The van der Waals surface area contributed by atoms with Crippen LogP contribution in [0.2, 0.25) is 0 Å². The second-order valence-corrected chi connectivity index (χ2v) is 9.94. The van der Waals surface area contributed by atoms with E-state index in [9.17, 15) is 9.59 Å². The van der Waals surface area contributed by atoms with Gasteiger partial charge in [0.25, 0.3) is 0 Å². The zero-order chi connectivity index (χ0) is 25.1. The number of rotatable bonds is 5. The number of nitrogens with zero attached hydrogens (tertiary/aromatic N) is 4. The molecule has 1 aliphatic heterocycles. The fraction of sp³-hybridized carbons (Fsp3) is 0.429. The first kappa shape index (κ1) is 24.0. The fourth-order valence-electron chi connectivity index (χ4n) is 5.55. The number of hydrogen-bond acceptors (Lipinski definition) is 5. The molecule has 2 N–H and O–H groups in total. The van der Waals surface area contributed by atoms with Gasteiger partial charge in [-0.1, -0.05) is 67.8 Å². The number of amides is 2. The number of fused-ring (bicyclic) bond motifs is 1. The van der Waals surface area contributed by atoms with Crippen molar-refractivity contribution in [2.75, 3.05) is 24.5 Å². The van der Waals surface area contributed by atoms with Crippen molar-refractivity contribution in [3.05, 3.63) is 54.1 Å². The summed E-state index contributed by atoms with van der Waals surface area (Å²) in [4.78, 5) is 28.2. The summed E-state index contributed by atoms with van der Waals surface area (Å²) in [7, 11) is 0. The van der Waals surface area contributed by atoms with E-state index in [1.807, 2.05) is 36.4 Å². The van der Waals surface area contributed by atoms with E-state index in [-0.39, 0.29) is 18.5 Å². The number of carbonyl (C=O) groups is 2. The van der Waals surface area contributed by atoms with E-state index < -0.39 is 6.09 Å². The Morgan fingerprint density at radius 1 is 0.972 bits per heavy atom. The van der Waals surface area contributed by atoms with Crippen molar-refractivity contribution >= 4 is 28.6 Å². The molecule has 0 radical (unpaired) electrons. The number of piperazine rings is 1. The summed E-state index contributed by atoms with van der Waals surface area (Å²) >= 11 is 0. The average molecular weight is 488 g/mol. The van der Waals surface area contributed by atoms with E-state index in [2.05, 4.69) is 44.4 Å². The van der Waals surface area contributed by atoms with E-state index in [1.165, 1.54) is 19.3 Å². The van der Waals surface area contributed by atoms with Crippen LogP contribution >= 0.6 is 0 Å². The molecule has 8 heteroatoms. The Morgan fingerprint density at radius 3 is 2.39 bits per heavy atom. The Morgan fingerprint density at radius 2 is 1.69 bits per heavy atom. The molecular weight excluding hydrogens is 454 g/mol. The molecule has 0 spiro atoms. The third kappa shape index (κ3) is 4.98. The average Bonchev–Trinajstić information content (AvgIpc) is 2.92. The van der Waals surface area contributed by atoms with Crippen molar-refractivity contribution < 1.29 is 14.7 Å². The second kappa shape index (κ2) is 10.5. The van der Waals surface area contributed by atoms with Crippen LogP contribution in [0.4, 0.5) is 10.6 Å². The van der Waals surface area contributed by atoms with Crippen LogP contribution in [-0.4, -0.2) is 57.9 Å². The SMILES string of the molecule is CC1CN(C(=O)C2CCCCC2)CCN1c1nnc(-c2ccc(CNC(=O)O)cc2)c2ccccc12. The highest BCUT2D eigenvalue weighted by Gasteiger charge is 2.32. The van der Waals surface area contributed by atoms with E-state index in [1.54, 1.807) is 0 Å². The van der Waals surface area contributed by atoms with E-state index in [0.717, 1.165) is 52.8 Å². The summed E-state index contributed by atoms with van der Waals surface area (Å²) in [6.07, 6.45) is 4.61. The molecule has 1 unspecified atom stereocenters. The largest absolute Gasteiger partial charge is 0.465 e. The maximum absolute atomic E-state index is 13.1. The van der Waals surface area contributed by atoms with Crippen molar-refractivity contribution in [1.82, 2.24) is 20.4 Å². The summed E-state index contributed by atoms with van der Waals surface area (Å²) in [5, 5.41) is 22.6. The Balaban J connectivity index is 1.37. The Bertz CT molecular complexity index is 1240. The van der Waals surface area contributed by atoms with Crippen LogP contribution in [0.5, 0.6) is 0 Å². The fourth-order valence-corrected chi connectivity index (χ4v) is 5.55. The van der Waals surface area contributed by atoms with Gasteiger partial charge in [0.05, 0.1) is 0 Å². The zero-order valence-electron chi connectivity index (χ0n) is 20.7. The van der Waals surface area contributed by atoms with Gasteiger partial charge in [0.15, 0.2) is 5.82 Å². The van der Waals surface area contributed by atoms with Gasteiger partial charge in [0.2, 0.25) is 5.91 Å². The molecule has 188 valence electrons. The topological polar surface area (TPSA) is 98.7 Å². The third-order valence-electron chi connectivity index (χ3n) is 7.50. The molecule has 1 saturated carbocycles. The molecule has 3 aromatic rings. The molecule has 0 bridgehead atoms. The van der Waals surface area contributed by atoms with Crippen LogP contribution in [-0.2, 0) is 11.3 Å². The lowest BCUT2D eigenvalue weighted by molar-refractivity contribution is -0.137. The van der Waals surface area contributed by atoms with Gasteiger partial charge in [-0.25, -0.2) is 4.79 Å². The molecule has 1 aliphatic carbocycles. The molecule has 2 aromatic carbocycles. The number of hydrogen-bond donors (Lipinski definition) is 2. The number of carbonyl (C=O) groups excluding carboxylic acids is 1. The van der Waals surface area contributed by atoms with Gasteiger partial charge >= 0.3 is 6.09 Å². The predicted molar refractivity (Wildman–Crippen MR) is 140 cm³/mol. The Labute approximate surface area is 211 Å². The number of carboxylic acid groups (broad SMARTS) is 1. The zero-order valence-corrected chi connectivity index (χ0v) is 20.7. The summed E-state index contributed by atoms with van der Waals surface area (Å²) in [6, 6.07) is 16.0. The normalized spacial score (nSPS) is 18.9. The van der Waals surface area contributed by atoms with Crippen LogP contribution in [0.25, 0.3) is 22.0 Å². The minimum absolute atomic E-state index is 0.149. The van der Waals surface area contributed by atoms with Gasteiger partial charge in [-0.3, -0.25) is 4.79 Å². The lowest BCUT2D eigenvalue weighted by Gasteiger charge is -2.42. The van der Waals surface area contributed by atoms with Crippen LogP contribution in [0.15, 0.2) is 48.5 Å². The lowest BCUT2D eigenvalue weighted by atomic mass is 9.88. The maximum atomic E-state index is 13.1. The molecule has 1 atom stereocenters. The minimum atomic E-state index is -1.04. The van der Waals surface area contributed by atoms with Gasteiger partial charge in [0, 0.05) is 54.5 Å². The molecule has 2 aliphatic rings. The summed E-state index contributed by atoms with van der Waals surface area (Å²) in [5.41, 5.74) is 2.61. The van der Waals surface area contributed by atoms with Crippen molar-refractivity contribution in [2.45, 2.75) is 51.6 Å². The molecular formula is C28H33N5O3. The van der Waals surface area contributed by atoms with Crippen molar-refractivity contribution in [3.8, 4) is 11.3 Å². The predicted octanol–water partition coefficient (Wildman–Crippen LogP) is 4.68. The van der Waals surface area contributed by atoms with Crippen molar-refractivity contribution in [2.24, 2.45) is 5.92 Å². The smallest absolute Gasteiger partial charge is 0.404 e. The number of benzene rings is 2. The van der Waals surface area contributed by atoms with Gasteiger partial charge in [-0.15, -0.1) is 10.2 Å². The first-order chi connectivity index (χ1) is 17.5. The van der Waals surface area contributed by atoms with E-state index >= 15 is 0 Å². The minimum Gasteiger partial charge on any atom is -0.465 e. The third-order valence-corrected chi connectivity index (χ3v) is 7.50. The molecule has 5 rings (SSSR count). The molecule has 1 saturated heterocycles. The van der Waals surface area contributed by atoms with Gasteiger partial charge in [0.1, 0.15) is 5.69 Å². The summed E-state index contributed by atoms with van der Waals surface area (Å²) in [5.74, 6) is 1.38. The van der Waals surface area contributed by atoms with Crippen molar-refractivity contribution in [3.63, 3.8) is 0 Å². The summed E-state index contributed by atoms with van der Waals surface area (Å²) < 4.78 is 0. The van der Waals surface area contributed by atoms with Gasteiger partial charge < -0.3 is 20.2 Å². The molecule has 8 nitrogen and oxygen atoms in total. The Kier molecular flexibility index (Phi) is 7.02. The van der Waals surface area contributed by atoms with E-state index in [0.29, 0.717) is 19.0 Å². The molecule has 1 aromatic heterocycles. The maximum Gasteiger partial charge on any atom is 0.404 e. The highest BCUT2D eigenvalue weighted by atomic mass is 16.4. The molecule has 2 fully saturated rings. The van der Waals surface area contributed by atoms with Crippen molar-refractivity contribution in [1.29, 1.82) is 0 Å². The molecule has 2 heterocycles. The Hall–Kier alpha value is -3.68. The van der Waals surface area contributed by atoms with Crippen LogP contribution in [0, 0.1) is 5.92 Å². The highest BCUT2D eigenvalue weighted by molar-refractivity contribution is 6.00. The number of aromatic nitrogens is 2. The second-order valence-electron chi connectivity index (χ2n) is 9.94. The number of anilines is 1. The summed E-state index contributed by atoms with van der Waals surface area (Å²) in [6.45, 7) is 4.58. The monoisotopic (exact) mass is 487 g/mol. The van der Waals surface area contributed by atoms with E-state index in [4.69, 9.17) is 5.11 Å². The van der Waals surface area contributed by atoms with Crippen LogP contribution < -0.4 is 10.2 Å². The lowest BCUT2D eigenvalue weighted by Crippen LogP contribution is -2.55. The van der Waals surface area contributed by atoms with Gasteiger partial charge in [-0.2, -0.15) is 0 Å². The highest BCUT2D eigenvalue weighted by Crippen LogP contribution is 2.33. The first-order valence-corrected chi connectivity index (χ1v) is 12.9. The van der Waals surface area contributed by atoms with Crippen LogP contribution in [0.3, 0.4) is 0 Å². The quantitative estimate of drug-likeness (QED) is 0.542.